The Labute approximate surface area is 149 Å². The Morgan fingerprint density at radius 1 is 1.16 bits per heavy atom. The third kappa shape index (κ3) is 2.32. The Balaban J connectivity index is 1.46. The monoisotopic (exact) mass is 350 g/mol. The molecule has 3 aromatic rings. The fraction of sp³-hybridized carbons (Fsp3) is 0.316. The molecule has 0 atom stereocenters. The molecule has 0 saturated heterocycles. The molecule has 1 amide bonds. The standard InChI is InChI=1S/C19H18N4OS/c20-17-16-14-6-7-23(9-15(14)25-18(16)22-10-21-17)19(24)13-5-4-11-2-1-3-12(11)8-13/h4-5,8,10H,1-3,6-7,9H2,(H2,20,21,22). The third-order valence-corrected chi connectivity index (χ3v) is 6.42. The fourth-order valence-corrected chi connectivity index (χ4v) is 5.22. The summed E-state index contributed by atoms with van der Waals surface area (Å²) in [5.41, 5.74) is 10.8. The Bertz CT molecular complexity index is 1010. The number of rotatable bonds is 1. The van der Waals surface area contributed by atoms with Crippen LogP contribution in [0.15, 0.2) is 24.5 Å². The third-order valence-electron chi connectivity index (χ3n) is 5.30. The topological polar surface area (TPSA) is 72.1 Å². The number of hydrogen-bond donors (Lipinski definition) is 1. The highest BCUT2D eigenvalue weighted by Crippen LogP contribution is 2.36. The lowest BCUT2D eigenvalue weighted by atomic mass is 10.0. The van der Waals surface area contributed by atoms with Crippen LogP contribution in [-0.4, -0.2) is 27.3 Å². The molecule has 0 unspecified atom stereocenters. The molecule has 3 heterocycles. The van der Waals surface area contributed by atoms with Gasteiger partial charge in [0, 0.05) is 17.0 Å². The summed E-state index contributed by atoms with van der Waals surface area (Å²) in [5.74, 6) is 0.665. The summed E-state index contributed by atoms with van der Waals surface area (Å²) in [7, 11) is 0. The van der Waals surface area contributed by atoms with E-state index in [0.717, 1.165) is 35.0 Å². The van der Waals surface area contributed by atoms with Crippen LogP contribution in [0.5, 0.6) is 0 Å². The lowest BCUT2D eigenvalue weighted by Crippen LogP contribution is -2.35. The summed E-state index contributed by atoms with van der Waals surface area (Å²) in [5, 5.41) is 0.979. The molecule has 1 aliphatic heterocycles. The number of aryl methyl sites for hydroxylation is 2. The maximum atomic E-state index is 13.0. The molecule has 126 valence electrons. The Kier molecular flexibility index (Phi) is 3.28. The van der Waals surface area contributed by atoms with Crippen LogP contribution in [0.2, 0.25) is 0 Å². The van der Waals surface area contributed by atoms with Crippen molar-refractivity contribution in [2.45, 2.75) is 32.2 Å². The molecular formula is C19H18N4OS. The van der Waals surface area contributed by atoms with Gasteiger partial charge < -0.3 is 10.6 Å². The molecule has 5 nitrogen and oxygen atoms in total. The first-order valence-electron chi connectivity index (χ1n) is 8.62. The molecule has 0 spiro atoms. The highest BCUT2D eigenvalue weighted by molar-refractivity contribution is 7.19. The van der Waals surface area contributed by atoms with Crippen molar-refractivity contribution >= 4 is 33.3 Å². The molecule has 0 radical (unpaired) electrons. The van der Waals surface area contributed by atoms with Crippen molar-refractivity contribution in [3.63, 3.8) is 0 Å². The number of nitrogens with two attached hydrogens (primary N) is 1. The average molecular weight is 350 g/mol. The highest BCUT2D eigenvalue weighted by atomic mass is 32.1. The van der Waals surface area contributed by atoms with Crippen molar-refractivity contribution in [1.29, 1.82) is 0 Å². The number of carbonyl (C=O) groups excluding carboxylic acids is 1. The first-order chi connectivity index (χ1) is 12.2. The number of thiophene rings is 1. The largest absolute Gasteiger partial charge is 0.383 e. The van der Waals surface area contributed by atoms with Gasteiger partial charge in [-0.3, -0.25) is 4.79 Å². The number of anilines is 1. The fourth-order valence-electron chi connectivity index (χ4n) is 4.01. The van der Waals surface area contributed by atoms with Crippen molar-refractivity contribution in [3.05, 3.63) is 51.7 Å². The van der Waals surface area contributed by atoms with E-state index in [1.165, 1.54) is 34.3 Å². The van der Waals surface area contributed by atoms with Crippen LogP contribution in [0, 0.1) is 0 Å². The SMILES string of the molecule is Nc1ncnc2sc3c(c12)CCN(C(=O)c1ccc2c(c1)CCC2)C3. The van der Waals surface area contributed by atoms with Crippen molar-refractivity contribution in [1.82, 2.24) is 14.9 Å². The molecule has 6 heteroatoms. The van der Waals surface area contributed by atoms with Crippen LogP contribution in [-0.2, 0) is 25.8 Å². The lowest BCUT2D eigenvalue weighted by molar-refractivity contribution is 0.0737. The maximum absolute atomic E-state index is 13.0. The van der Waals surface area contributed by atoms with Crippen LogP contribution in [0.25, 0.3) is 10.2 Å². The summed E-state index contributed by atoms with van der Waals surface area (Å²) < 4.78 is 0. The maximum Gasteiger partial charge on any atom is 0.254 e. The van der Waals surface area contributed by atoms with E-state index in [0.29, 0.717) is 18.9 Å². The number of benzene rings is 1. The van der Waals surface area contributed by atoms with Crippen LogP contribution in [0.3, 0.4) is 0 Å². The van der Waals surface area contributed by atoms with Gasteiger partial charge in [-0.05, 0) is 54.5 Å². The average Bonchev–Trinajstić information content (AvgIpc) is 3.24. The van der Waals surface area contributed by atoms with Crippen LogP contribution in [0.1, 0.15) is 38.3 Å². The molecule has 0 fully saturated rings. The number of fused-ring (bicyclic) bond motifs is 4. The molecule has 0 bridgehead atoms. The van der Waals surface area contributed by atoms with E-state index >= 15 is 0 Å². The summed E-state index contributed by atoms with van der Waals surface area (Å²) in [4.78, 5) is 25.5. The molecule has 2 N–H and O–H groups in total. The van der Waals surface area contributed by atoms with E-state index in [4.69, 9.17) is 5.73 Å². The molecule has 5 rings (SSSR count). The number of amides is 1. The number of carbonyl (C=O) groups is 1. The number of hydrogen-bond acceptors (Lipinski definition) is 5. The van der Waals surface area contributed by atoms with Gasteiger partial charge in [-0.1, -0.05) is 6.07 Å². The van der Waals surface area contributed by atoms with Crippen molar-refractivity contribution in [2.75, 3.05) is 12.3 Å². The lowest BCUT2D eigenvalue weighted by Gasteiger charge is -2.27. The Hall–Kier alpha value is -2.47. The van der Waals surface area contributed by atoms with E-state index in [2.05, 4.69) is 22.1 Å². The molecule has 25 heavy (non-hydrogen) atoms. The number of aromatic nitrogens is 2. The second kappa shape index (κ2) is 5.52. The van der Waals surface area contributed by atoms with Crippen LogP contribution in [0.4, 0.5) is 5.82 Å². The van der Waals surface area contributed by atoms with E-state index in [1.807, 2.05) is 11.0 Å². The van der Waals surface area contributed by atoms with Gasteiger partial charge in [-0.15, -0.1) is 11.3 Å². The minimum atomic E-state index is 0.122. The van der Waals surface area contributed by atoms with Crippen LogP contribution >= 0.6 is 11.3 Å². The molecule has 2 aromatic heterocycles. The number of nitrogens with zero attached hydrogens (tertiary/aromatic N) is 3. The highest BCUT2D eigenvalue weighted by Gasteiger charge is 2.27. The first kappa shape index (κ1) is 14.8. The Morgan fingerprint density at radius 2 is 2.04 bits per heavy atom. The van der Waals surface area contributed by atoms with Gasteiger partial charge in [0.2, 0.25) is 0 Å². The first-order valence-corrected chi connectivity index (χ1v) is 9.44. The van der Waals surface area contributed by atoms with Gasteiger partial charge in [0.1, 0.15) is 17.0 Å². The minimum Gasteiger partial charge on any atom is -0.383 e. The van der Waals surface area contributed by atoms with Gasteiger partial charge in [-0.25, -0.2) is 9.97 Å². The predicted octanol–water partition coefficient (Wildman–Crippen LogP) is 2.96. The molecule has 0 saturated carbocycles. The Morgan fingerprint density at radius 3 is 2.96 bits per heavy atom. The van der Waals surface area contributed by atoms with Gasteiger partial charge in [0.15, 0.2) is 0 Å². The molecule has 2 aliphatic rings. The minimum absolute atomic E-state index is 0.122. The van der Waals surface area contributed by atoms with Gasteiger partial charge in [0.25, 0.3) is 5.91 Å². The molecule has 1 aromatic carbocycles. The smallest absolute Gasteiger partial charge is 0.254 e. The van der Waals surface area contributed by atoms with E-state index in [-0.39, 0.29) is 5.91 Å². The predicted molar refractivity (Wildman–Crippen MR) is 98.7 cm³/mol. The van der Waals surface area contributed by atoms with E-state index in [9.17, 15) is 4.79 Å². The van der Waals surface area contributed by atoms with Crippen molar-refractivity contribution in [3.8, 4) is 0 Å². The zero-order valence-corrected chi connectivity index (χ0v) is 14.6. The van der Waals surface area contributed by atoms with Gasteiger partial charge >= 0.3 is 0 Å². The molecular weight excluding hydrogens is 332 g/mol. The van der Waals surface area contributed by atoms with Crippen molar-refractivity contribution < 1.29 is 4.79 Å². The molecule has 1 aliphatic carbocycles. The van der Waals surface area contributed by atoms with Gasteiger partial charge in [0.05, 0.1) is 11.9 Å². The van der Waals surface area contributed by atoms with Crippen LogP contribution < -0.4 is 5.73 Å². The van der Waals surface area contributed by atoms with Crippen molar-refractivity contribution in [2.24, 2.45) is 0 Å². The normalized spacial score (nSPS) is 16.1. The summed E-state index contributed by atoms with van der Waals surface area (Å²) in [6.45, 7) is 1.34. The summed E-state index contributed by atoms with van der Waals surface area (Å²) in [6.07, 6.45) is 5.75. The second-order valence-electron chi connectivity index (χ2n) is 6.76. The summed E-state index contributed by atoms with van der Waals surface area (Å²) >= 11 is 1.63. The van der Waals surface area contributed by atoms with E-state index in [1.54, 1.807) is 11.3 Å². The van der Waals surface area contributed by atoms with E-state index < -0.39 is 0 Å². The van der Waals surface area contributed by atoms with Gasteiger partial charge in [-0.2, -0.15) is 0 Å². The zero-order valence-electron chi connectivity index (χ0n) is 13.8. The summed E-state index contributed by atoms with van der Waals surface area (Å²) in [6, 6.07) is 6.20. The zero-order chi connectivity index (χ0) is 17.0. The number of nitrogen functional groups attached to an aromatic ring is 1. The quantitative estimate of drug-likeness (QED) is 0.732. The second-order valence-corrected chi connectivity index (χ2v) is 7.84.